The lowest BCUT2D eigenvalue weighted by Crippen LogP contribution is -2.26. The molecule has 1 N–H and O–H groups in total. The number of benzene rings is 3. The van der Waals surface area contributed by atoms with E-state index < -0.39 is 0 Å². The second-order valence-corrected chi connectivity index (χ2v) is 6.88. The van der Waals surface area contributed by atoms with Gasteiger partial charge in [-0.2, -0.15) is 0 Å². The maximum absolute atomic E-state index is 5.63. The molecule has 0 aromatic heterocycles. The lowest BCUT2D eigenvalue weighted by Gasteiger charge is -2.26. The SMILES string of the molecule is COc1cc2c(cc1Nc1ccc(-c3ccccc3)cc1)CN(C)CC2. The van der Waals surface area contributed by atoms with Gasteiger partial charge in [0.2, 0.25) is 0 Å². The molecule has 3 nitrogen and oxygen atoms in total. The van der Waals surface area contributed by atoms with E-state index in [0.717, 1.165) is 36.6 Å². The van der Waals surface area contributed by atoms with Gasteiger partial charge in [-0.15, -0.1) is 0 Å². The Bertz CT molecular complexity index is 888. The molecule has 1 aliphatic rings. The highest BCUT2D eigenvalue weighted by Crippen LogP contribution is 2.34. The van der Waals surface area contributed by atoms with Gasteiger partial charge in [-0.25, -0.2) is 0 Å². The smallest absolute Gasteiger partial charge is 0.142 e. The number of fused-ring (bicyclic) bond motifs is 1. The van der Waals surface area contributed by atoms with Gasteiger partial charge in [-0.3, -0.25) is 0 Å². The molecule has 3 aromatic carbocycles. The molecule has 1 aliphatic heterocycles. The Morgan fingerprint density at radius 3 is 2.35 bits per heavy atom. The fourth-order valence-electron chi connectivity index (χ4n) is 3.53. The van der Waals surface area contributed by atoms with E-state index in [-0.39, 0.29) is 0 Å². The van der Waals surface area contributed by atoms with Crippen molar-refractivity contribution in [2.45, 2.75) is 13.0 Å². The summed E-state index contributed by atoms with van der Waals surface area (Å²) in [6.45, 7) is 2.09. The number of likely N-dealkylation sites (N-methyl/N-ethyl adjacent to an activating group) is 1. The van der Waals surface area contributed by atoms with E-state index in [4.69, 9.17) is 4.74 Å². The van der Waals surface area contributed by atoms with Crippen LogP contribution in [0.3, 0.4) is 0 Å². The van der Waals surface area contributed by atoms with E-state index in [1.54, 1.807) is 7.11 Å². The van der Waals surface area contributed by atoms with Gasteiger partial charge in [0.1, 0.15) is 5.75 Å². The number of anilines is 2. The van der Waals surface area contributed by atoms with Crippen LogP contribution in [0.25, 0.3) is 11.1 Å². The lowest BCUT2D eigenvalue weighted by molar-refractivity contribution is 0.312. The minimum atomic E-state index is 0.903. The quantitative estimate of drug-likeness (QED) is 0.713. The average Bonchev–Trinajstić information content (AvgIpc) is 2.68. The summed E-state index contributed by atoms with van der Waals surface area (Å²) in [5.41, 5.74) is 7.30. The molecule has 1 heterocycles. The van der Waals surface area contributed by atoms with Gasteiger partial charge >= 0.3 is 0 Å². The van der Waals surface area contributed by atoms with E-state index in [2.05, 4.69) is 77.9 Å². The van der Waals surface area contributed by atoms with Gasteiger partial charge in [0.15, 0.2) is 0 Å². The summed E-state index contributed by atoms with van der Waals surface area (Å²) in [5.74, 6) is 0.903. The molecular formula is C23H24N2O. The summed E-state index contributed by atoms with van der Waals surface area (Å²) in [6, 6.07) is 23.4. The Labute approximate surface area is 155 Å². The minimum Gasteiger partial charge on any atom is -0.495 e. The molecule has 0 saturated heterocycles. The third kappa shape index (κ3) is 3.44. The molecule has 3 aromatic rings. The van der Waals surface area contributed by atoms with Crippen molar-refractivity contribution >= 4 is 11.4 Å². The molecule has 3 heteroatoms. The fraction of sp³-hybridized carbons (Fsp3) is 0.217. The number of nitrogens with zero attached hydrogens (tertiary/aromatic N) is 1. The zero-order valence-electron chi connectivity index (χ0n) is 15.3. The summed E-state index contributed by atoms with van der Waals surface area (Å²) in [7, 11) is 3.91. The van der Waals surface area contributed by atoms with Crippen molar-refractivity contribution in [1.82, 2.24) is 4.90 Å². The minimum absolute atomic E-state index is 0.903. The summed E-state index contributed by atoms with van der Waals surface area (Å²) in [5, 5.41) is 3.52. The van der Waals surface area contributed by atoms with Crippen molar-refractivity contribution in [2.24, 2.45) is 0 Å². The molecule has 26 heavy (non-hydrogen) atoms. The highest BCUT2D eigenvalue weighted by molar-refractivity contribution is 5.71. The summed E-state index contributed by atoms with van der Waals surface area (Å²) < 4.78 is 5.63. The van der Waals surface area contributed by atoms with E-state index in [0.29, 0.717) is 0 Å². The van der Waals surface area contributed by atoms with Crippen LogP contribution >= 0.6 is 0 Å². The van der Waals surface area contributed by atoms with Crippen molar-refractivity contribution in [3.8, 4) is 16.9 Å². The molecule has 0 bridgehead atoms. The molecule has 4 rings (SSSR count). The molecule has 0 spiro atoms. The third-order valence-electron chi connectivity index (χ3n) is 5.00. The van der Waals surface area contributed by atoms with Crippen molar-refractivity contribution in [3.05, 3.63) is 77.9 Å². The van der Waals surface area contributed by atoms with Gasteiger partial charge in [-0.1, -0.05) is 42.5 Å². The molecule has 0 aliphatic carbocycles. The van der Waals surface area contributed by atoms with E-state index in [1.165, 1.54) is 22.3 Å². The number of nitrogens with one attached hydrogen (secondary N) is 1. The van der Waals surface area contributed by atoms with Gasteiger partial charge in [-0.05, 0) is 60.0 Å². The van der Waals surface area contributed by atoms with Crippen LogP contribution in [-0.4, -0.2) is 25.6 Å². The first kappa shape index (κ1) is 16.7. The zero-order chi connectivity index (χ0) is 17.9. The maximum atomic E-state index is 5.63. The highest BCUT2D eigenvalue weighted by Gasteiger charge is 2.16. The standard InChI is InChI=1S/C23H24N2O/c1-25-13-12-19-15-23(26-2)22(14-20(19)16-25)24-21-10-8-18(9-11-21)17-6-4-3-5-7-17/h3-11,14-15,24H,12-13,16H2,1-2H3. The Balaban J connectivity index is 1.59. The molecule has 0 saturated carbocycles. The molecule has 0 amide bonds. The summed E-state index contributed by atoms with van der Waals surface area (Å²) >= 11 is 0. The van der Waals surface area contributed by atoms with E-state index >= 15 is 0 Å². The zero-order valence-corrected chi connectivity index (χ0v) is 15.3. The van der Waals surface area contributed by atoms with Crippen LogP contribution in [0, 0.1) is 0 Å². The first-order valence-corrected chi connectivity index (χ1v) is 9.04. The topological polar surface area (TPSA) is 24.5 Å². The fourth-order valence-corrected chi connectivity index (χ4v) is 3.53. The number of hydrogen-bond acceptors (Lipinski definition) is 3. The number of rotatable bonds is 4. The maximum Gasteiger partial charge on any atom is 0.142 e. The number of hydrogen-bond donors (Lipinski definition) is 1. The average molecular weight is 344 g/mol. The molecule has 0 atom stereocenters. The van der Waals surface area contributed by atoms with Crippen LogP contribution in [0.2, 0.25) is 0 Å². The van der Waals surface area contributed by atoms with Crippen molar-refractivity contribution in [1.29, 1.82) is 0 Å². The van der Waals surface area contributed by atoms with Gasteiger partial charge < -0.3 is 15.0 Å². The predicted octanol–water partition coefficient (Wildman–Crippen LogP) is 5.09. The largest absolute Gasteiger partial charge is 0.495 e. The van der Waals surface area contributed by atoms with Gasteiger partial charge in [0.05, 0.1) is 12.8 Å². The molecule has 132 valence electrons. The van der Waals surface area contributed by atoms with Crippen LogP contribution in [0.1, 0.15) is 11.1 Å². The molecular weight excluding hydrogens is 320 g/mol. The summed E-state index contributed by atoms with van der Waals surface area (Å²) in [4.78, 5) is 2.35. The number of methoxy groups -OCH3 is 1. The van der Waals surface area contributed by atoms with Crippen LogP contribution in [0.15, 0.2) is 66.7 Å². The van der Waals surface area contributed by atoms with Crippen molar-refractivity contribution in [2.75, 3.05) is 26.0 Å². The second-order valence-electron chi connectivity index (χ2n) is 6.88. The van der Waals surface area contributed by atoms with Crippen molar-refractivity contribution in [3.63, 3.8) is 0 Å². The van der Waals surface area contributed by atoms with Crippen LogP contribution in [0.4, 0.5) is 11.4 Å². The normalized spacial score (nSPS) is 13.9. The number of ether oxygens (including phenoxy) is 1. The Hall–Kier alpha value is -2.78. The highest BCUT2D eigenvalue weighted by atomic mass is 16.5. The lowest BCUT2D eigenvalue weighted by atomic mass is 9.98. The third-order valence-corrected chi connectivity index (χ3v) is 5.00. The van der Waals surface area contributed by atoms with Crippen LogP contribution in [-0.2, 0) is 13.0 Å². The van der Waals surface area contributed by atoms with E-state index in [9.17, 15) is 0 Å². The van der Waals surface area contributed by atoms with Crippen molar-refractivity contribution < 1.29 is 4.74 Å². The monoisotopic (exact) mass is 344 g/mol. The Morgan fingerprint density at radius 2 is 1.62 bits per heavy atom. The summed E-state index contributed by atoms with van der Waals surface area (Å²) in [6.07, 6.45) is 1.08. The predicted molar refractivity (Wildman–Crippen MR) is 108 cm³/mol. The van der Waals surface area contributed by atoms with Gasteiger partial charge in [0.25, 0.3) is 0 Å². The Morgan fingerprint density at radius 1 is 0.885 bits per heavy atom. The van der Waals surface area contributed by atoms with Crippen LogP contribution < -0.4 is 10.1 Å². The molecule has 0 fully saturated rings. The second kappa shape index (κ2) is 7.22. The van der Waals surface area contributed by atoms with E-state index in [1.807, 2.05) is 6.07 Å². The van der Waals surface area contributed by atoms with Crippen LogP contribution in [0.5, 0.6) is 5.75 Å². The first-order valence-electron chi connectivity index (χ1n) is 9.04. The molecule has 0 radical (unpaired) electrons. The van der Waals surface area contributed by atoms with Gasteiger partial charge in [0, 0.05) is 18.8 Å². The Kier molecular flexibility index (Phi) is 4.63. The first-order chi connectivity index (χ1) is 12.7. The molecule has 0 unspecified atom stereocenters.